The van der Waals surface area contributed by atoms with Crippen molar-refractivity contribution in [2.75, 3.05) is 45.8 Å². The van der Waals surface area contributed by atoms with E-state index in [0.717, 1.165) is 36.5 Å². The normalized spacial score (nSPS) is 14.3. The summed E-state index contributed by atoms with van der Waals surface area (Å²) in [6.45, 7) is 4.07. The average Bonchev–Trinajstić information content (AvgIpc) is 3.77. The number of hydrogen-bond acceptors (Lipinski definition) is 7. The van der Waals surface area contributed by atoms with Crippen LogP contribution in [0.2, 0.25) is 0 Å². The molecule has 0 spiro atoms. The highest BCUT2D eigenvalue weighted by atomic mass is 16.2. The van der Waals surface area contributed by atoms with Gasteiger partial charge in [-0.05, 0) is 18.8 Å². The van der Waals surface area contributed by atoms with E-state index in [2.05, 4.69) is 45.4 Å². The Morgan fingerprint density at radius 1 is 0.674 bits per heavy atom. The molecular formula is C30H46N10O3. The molecule has 4 rings (SSSR count). The number of imidazole rings is 3. The maximum Gasteiger partial charge on any atom is 0.228 e. The van der Waals surface area contributed by atoms with Crippen molar-refractivity contribution in [2.24, 2.45) is 5.92 Å². The van der Waals surface area contributed by atoms with Gasteiger partial charge in [-0.25, -0.2) is 15.0 Å². The highest BCUT2D eigenvalue weighted by Gasteiger charge is 2.21. The lowest BCUT2D eigenvalue weighted by Gasteiger charge is -2.31. The lowest BCUT2D eigenvalue weighted by molar-refractivity contribution is -0.131. The summed E-state index contributed by atoms with van der Waals surface area (Å²) in [7, 11) is 0. The Balaban J connectivity index is 1.33. The monoisotopic (exact) mass is 594 g/mol. The molecule has 13 nitrogen and oxygen atoms in total. The molecule has 0 bridgehead atoms. The van der Waals surface area contributed by atoms with Crippen LogP contribution in [0.3, 0.4) is 0 Å². The number of rotatable bonds is 17. The number of nitrogens with one attached hydrogen (secondary N) is 5. The minimum atomic E-state index is -0.0855. The first-order valence-corrected chi connectivity index (χ1v) is 15.5. The molecule has 1 saturated carbocycles. The third-order valence-electron chi connectivity index (χ3n) is 7.95. The van der Waals surface area contributed by atoms with Crippen LogP contribution in [0.25, 0.3) is 0 Å². The van der Waals surface area contributed by atoms with Gasteiger partial charge < -0.3 is 30.5 Å². The molecule has 3 amide bonds. The summed E-state index contributed by atoms with van der Waals surface area (Å²) >= 11 is 0. The van der Waals surface area contributed by atoms with Crippen LogP contribution in [0.5, 0.6) is 0 Å². The molecule has 43 heavy (non-hydrogen) atoms. The van der Waals surface area contributed by atoms with Crippen LogP contribution in [-0.2, 0) is 33.6 Å². The Morgan fingerprint density at radius 2 is 1.16 bits per heavy atom. The van der Waals surface area contributed by atoms with Crippen molar-refractivity contribution in [1.82, 2.24) is 50.3 Å². The standard InChI is InChI=1S/C30H46N10O3/c41-28(14-25-17-31-21-36-25)34-8-10-39(11-9-35-29(42)15-26-18-32-22-37-26)12-13-40(30(43)16-27-19-33-23-38-27)20-24-6-4-2-1-3-5-7-24/h17-19,21-24H,1-16,20H2,(H,31,36)(H,32,37)(H,33,38)(H,34,41)(H,35,42). The number of carbonyl (C=O) groups excluding carboxylic acids is 3. The van der Waals surface area contributed by atoms with Gasteiger partial charge in [0.05, 0.1) is 38.2 Å². The van der Waals surface area contributed by atoms with Gasteiger partial charge >= 0.3 is 0 Å². The van der Waals surface area contributed by atoms with E-state index in [4.69, 9.17) is 0 Å². The van der Waals surface area contributed by atoms with Crippen LogP contribution < -0.4 is 10.6 Å². The maximum atomic E-state index is 13.5. The number of hydrogen-bond donors (Lipinski definition) is 5. The van der Waals surface area contributed by atoms with Gasteiger partial charge in [-0.1, -0.05) is 32.1 Å². The molecule has 0 aliphatic heterocycles. The number of aromatic amines is 3. The Kier molecular flexibility index (Phi) is 13.2. The maximum absolute atomic E-state index is 13.5. The van der Waals surface area contributed by atoms with Crippen LogP contribution >= 0.6 is 0 Å². The summed E-state index contributed by atoms with van der Waals surface area (Å²) in [4.78, 5) is 63.5. The molecular weight excluding hydrogens is 548 g/mol. The van der Waals surface area contributed by atoms with E-state index in [1.165, 1.54) is 32.1 Å². The topological polar surface area (TPSA) is 168 Å². The van der Waals surface area contributed by atoms with Crippen molar-refractivity contribution in [1.29, 1.82) is 0 Å². The number of amides is 3. The summed E-state index contributed by atoms with van der Waals surface area (Å²) in [6, 6.07) is 0. The molecule has 1 fully saturated rings. The van der Waals surface area contributed by atoms with Crippen LogP contribution in [0.4, 0.5) is 0 Å². The van der Waals surface area contributed by atoms with Crippen molar-refractivity contribution >= 4 is 17.7 Å². The Morgan fingerprint density at radius 3 is 1.65 bits per heavy atom. The smallest absolute Gasteiger partial charge is 0.228 e. The molecule has 0 radical (unpaired) electrons. The van der Waals surface area contributed by atoms with Gasteiger partial charge in [0, 0.05) is 81.5 Å². The lowest BCUT2D eigenvalue weighted by atomic mass is 9.90. The predicted octanol–water partition coefficient (Wildman–Crippen LogP) is 1.61. The second kappa shape index (κ2) is 17.8. The summed E-state index contributed by atoms with van der Waals surface area (Å²) < 4.78 is 0. The largest absolute Gasteiger partial charge is 0.354 e. The molecule has 1 aliphatic carbocycles. The van der Waals surface area contributed by atoms with Crippen molar-refractivity contribution in [3.05, 3.63) is 54.7 Å². The fourth-order valence-corrected chi connectivity index (χ4v) is 5.55. The molecule has 0 saturated heterocycles. The summed E-state index contributed by atoms with van der Waals surface area (Å²) in [5, 5.41) is 5.96. The lowest BCUT2D eigenvalue weighted by Crippen LogP contribution is -2.45. The molecule has 234 valence electrons. The Hall–Kier alpha value is -4.00. The second-order valence-electron chi connectivity index (χ2n) is 11.4. The van der Waals surface area contributed by atoms with E-state index >= 15 is 0 Å². The SMILES string of the molecule is O=C(Cc1cnc[nH]1)NCCN(CCNC(=O)Cc1cnc[nH]1)CCN(CC1CCCCCCC1)C(=O)Cc1cnc[nH]1. The van der Waals surface area contributed by atoms with Crippen molar-refractivity contribution in [2.45, 2.75) is 64.2 Å². The van der Waals surface area contributed by atoms with E-state index < -0.39 is 0 Å². The third kappa shape index (κ3) is 12.0. The first-order valence-electron chi connectivity index (χ1n) is 15.5. The first-order chi connectivity index (χ1) is 21.0. The van der Waals surface area contributed by atoms with Crippen molar-refractivity contribution in [3.8, 4) is 0 Å². The van der Waals surface area contributed by atoms with Crippen LogP contribution in [0, 0.1) is 5.92 Å². The van der Waals surface area contributed by atoms with Gasteiger partial charge in [0.25, 0.3) is 0 Å². The number of carbonyl (C=O) groups is 3. The number of aromatic nitrogens is 6. The van der Waals surface area contributed by atoms with E-state index in [0.29, 0.717) is 51.6 Å². The molecule has 5 N–H and O–H groups in total. The van der Waals surface area contributed by atoms with Crippen LogP contribution in [-0.4, -0.2) is 103 Å². The molecule has 1 aliphatic rings. The molecule has 13 heteroatoms. The average molecular weight is 595 g/mol. The summed E-state index contributed by atoms with van der Waals surface area (Å²) in [6.07, 6.45) is 19.1. The van der Waals surface area contributed by atoms with Crippen LogP contribution in [0.15, 0.2) is 37.6 Å². The highest BCUT2D eigenvalue weighted by Crippen LogP contribution is 2.23. The molecule has 3 aromatic rings. The second-order valence-corrected chi connectivity index (χ2v) is 11.4. The Bertz CT molecular complexity index is 1130. The Labute approximate surface area is 253 Å². The third-order valence-corrected chi connectivity index (χ3v) is 7.95. The van der Waals surface area contributed by atoms with Gasteiger partial charge in [0.15, 0.2) is 0 Å². The van der Waals surface area contributed by atoms with Crippen molar-refractivity contribution in [3.63, 3.8) is 0 Å². The fraction of sp³-hybridized carbons (Fsp3) is 0.600. The molecule has 0 aromatic carbocycles. The van der Waals surface area contributed by atoms with Gasteiger partial charge in [0.2, 0.25) is 17.7 Å². The van der Waals surface area contributed by atoms with E-state index in [-0.39, 0.29) is 30.6 Å². The highest BCUT2D eigenvalue weighted by molar-refractivity contribution is 5.79. The number of H-pyrrole nitrogens is 3. The van der Waals surface area contributed by atoms with Gasteiger partial charge in [-0.3, -0.25) is 19.3 Å². The minimum absolute atomic E-state index is 0.0855. The quantitative estimate of drug-likeness (QED) is 0.158. The minimum Gasteiger partial charge on any atom is -0.354 e. The zero-order valence-electron chi connectivity index (χ0n) is 25.0. The molecule has 3 heterocycles. The van der Waals surface area contributed by atoms with Gasteiger partial charge in [-0.15, -0.1) is 0 Å². The van der Waals surface area contributed by atoms with Crippen molar-refractivity contribution < 1.29 is 14.4 Å². The summed E-state index contributed by atoms with van der Waals surface area (Å²) in [5.41, 5.74) is 2.33. The zero-order valence-corrected chi connectivity index (χ0v) is 25.0. The van der Waals surface area contributed by atoms with Crippen LogP contribution in [0.1, 0.15) is 62.0 Å². The molecule has 0 atom stereocenters. The first kappa shape index (κ1) is 31.9. The molecule has 0 unspecified atom stereocenters. The molecule has 3 aromatic heterocycles. The van der Waals surface area contributed by atoms with Gasteiger partial charge in [0.1, 0.15) is 0 Å². The zero-order chi connectivity index (χ0) is 30.1. The van der Waals surface area contributed by atoms with E-state index in [1.54, 1.807) is 37.6 Å². The van der Waals surface area contributed by atoms with Gasteiger partial charge in [-0.2, -0.15) is 0 Å². The number of nitrogens with zero attached hydrogens (tertiary/aromatic N) is 5. The summed E-state index contributed by atoms with van der Waals surface area (Å²) in [5.74, 6) is 0.422. The van der Waals surface area contributed by atoms with E-state index in [9.17, 15) is 14.4 Å². The fourth-order valence-electron chi connectivity index (χ4n) is 5.55. The van der Waals surface area contributed by atoms with E-state index in [1.807, 2.05) is 4.90 Å². The predicted molar refractivity (Wildman–Crippen MR) is 162 cm³/mol.